The maximum atomic E-state index is 12.0. The summed E-state index contributed by atoms with van der Waals surface area (Å²) in [6, 6.07) is 14.0. The smallest absolute Gasteiger partial charge is 0.248 e. The normalized spacial score (nSPS) is 15.2. The van der Waals surface area contributed by atoms with Gasteiger partial charge in [0.05, 0.1) is 5.69 Å². The summed E-state index contributed by atoms with van der Waals surface area (Å²) in [7, 11) is 1.55. The average Bonchev–Trinajstić information content (AvgIpc) is 2.89. The predicted molar refractivity (Wildman–Crippen MR) is 92.8 cm³/mol. The first-order valence-corrected chi connectivity index (χ1v) is 8.19. The van der Waals surface area contributed by atoms with E-state index in [4.69, 9.17) is 4.74 Å². The van der Waals surface area contributed by atoms with Gasteiger partial charge in [0.2, 0.25) is 5.91 Å². The van der Waals surface area contributed by atoms with Crippen molar-refractivity contribution in [3.63, 3.8) is 0 Å². The summed E-state index contributed by atoms with van der Waals surface area (Å²) < 4.78 is 4.94. The van der Waals surface area contributed by atoms with E-state index < -0.39 is 0 Å². The van der Waals surface area contributed by atoms with E-state index in [1.165, 1.54) is 0 Å². The van der Waals surface area contributed by atoms with E-state index in [-0.39, 0.29) is 12.5 Å². The quantitative estimate of drug-likeness (QED) is 0.858. The molecule has 1 aromatic heterocycles. The Morgan fingerprint density at radius 2 is 1.88 bits per heavy atom. The van der Waals surface area contributed by atoms with Crippen LogP contribution in [0.3, 0.4) is 0 Å². The van der Waals surface area contributed by atoms with E-state index >= 15 is 0 Å². The summed E-state index contributed by atoms with van der Waals surface area (Å²) in [4.78, 5) is 16.0. The van der Waals surface area contributed by atoms with Gasteiger partial charge in [-0.1, -0.05) is 30.3 Å². The zero-order chi connectivity index (χ0) is 16.8. The van der Waals surface area contributed by atoms with Crippen molar-refractivity contribution >= 4 is 11.7 Å². The Morgan fingerprint density at radius 1 is 1.04 bits per heavy atom. The van der Waals surface area contributed by atoms with Crippen molar-refractivity contribution in [1.82, 2.24) is 15.1 Å². The van der Waals surface area contributed by atoms with Crippen LogP contribution in [0.15, 0.2) is 42.5 Å². The van der Waals surface area contributed by atoms with Crippen molar-refractivity contribution in [3.05, 3.63) is 42.5 Å². The molecule has 0 radical (unpaired) electrons. The minimum absolute atomic E-state index is 0.0462. The molecule has 24 heavy (non-hydrogen) atoms. The molecule has 0 atom stereocenters. The maximum absolute atomic E-state index is 12.0. The van der Waals surface area contributed by atoms with E-state index in [1.807, 2.05) is 47.4 Å². The van der Waals surface area contributed by atoms with Crippen LogP contribution in [-0.2, 0) is 9.53 Å². The second kappa shape index (κ2) is 7.88. The van der Waals surface area contributed by atoms with Crippen molar-refractivity contribution in [1.29, 1.82) is 0 Å². The molecule has 0 spiro atoms. The summed E-state index contributed by atoms with van der Waals surface area (Å²) in [5, 5.41) is 8.72. The third kappa shape index (κ3) is 3.89. The van der Waals surface area contributed by atoms with E-state index in [1.54, 1.807) is 7.11 Å². The van der Waals surface area contributed by atoms with Gasteiger partial charge in [0.25, 0.3) is 0 Å². The second-order valence-corrected chi connectivity index (χ2v) is 5.80. The monoisotopic (exact) mass is 326 g/mol. The fourth-order valence-electron chi connectivity index (χ4n) is 2.87. The SMILES string of the molecule is COCC(=O)N1CCCN(c2ccc(-c3ccccc3)nn2)CC1. The molecule has 2 heterocycles. The van der Waals surface area contributed by atoms with Crippen LogP contribution in [0.4, 0.5) is 5.82 Å². The Bertz CT molecular complexity index is 660. The van der Waals surface area contributed by atoms with Gasteiger partial charge in [-0.3, -0.25) is 4.79 Å². The molecule has 0 saturated carbocycles. The largest absolute Gasteiger partial charge is 0.375 e. The van der Waals surface area contributed by atoms with Crippen molar-refractivity contribution in [2.75, 3.05) is 44.8 Å². The highest BCUT2D eigenvalue weighted by molar-refractivity contribution is 5.77. The zero-order valence-corrected chi connectivity index (χ0v) is 13.9. The van der Waals surface area contributed by atoms with Gasteiger partial charge in [-0.15, -0.1) is 10.2 Å². The third-order valence-electron chi connectivity index (χ3n) is 4.16. The molecule has 126 valence electrons. The van der Waals surface area contributed by atoms with E-state index in [0.29, 0.717) is 6.54 Å². The molecule has 0 bridgehead atoms. The molecule has 6 nitrogen and oxygen atoms in total. The Balaban J connectivity index is 1.65. The minimum atomic E-state index is 0.0462. The molecule has 0 N–H and O–H groups in total. The minimum Gasteiger partial charge on any atom is -0.375 e. The maximum Gasteiger partial charge on any atom is 0.248 e. The number of amides is 1. The van der Waals surface area contributed by atoms with Crippen molar-refractivity contribution in [2.24, 2.45) is 0 Å². The Kier molecular flexibility index (Phi) is 5.38. The summed E-state index contributed by atoms with van der Waals surface area (Å²) in [6.07, 6.45) is 0.914. The molecule has 1 amide bonds. The number of hydrogen-bond donors (Lipinski definition) is 0. The van der Waals surface area contributed by atoms with Gasteiger partial charge in [-0.25, -0.2) is 0 Å². The number of carbonyl (C=O) groups excluding carboxylic acids is 1. The van der Waals surface area contributed by atoms with Gasteiger partial charge < -0.3 is 14.5 Å². The number of carbonyl (C=O) groups is 1. The Labute approximate surface area is 142 Å². The van der Waals surface area contributed by atoms with Crippen molar-refractivity contribution < 1.29 is 9.53 Å². The highest BCUT2D eigenvalue weighted by Crippen LogP contribution is 2.19. The Hall–Kier alpha value is -2.47. The standard InChI is InChI=1S/C18H22N4O2/c1-24-14-18(23)22-11-5-10-21(12-13-22)17-9-8-16(19-20-17)15-6-3-2-4-7-15/h2-4,6-9H,5,10-14H2,1H3. The molecule has 1 aliphatic rings. The number of methoxy groups -OCH3 is 1. The number of benzene rings is 1. The van der Waals surface area contributed by atoms with Crippen LogP contribution in [0.2, 0.25) is 0 Å². The van der Waals surface area contributed by atoms with Crippen LogP contribution in [0, 0.1) is 0 Å². The molecule has 2 aromatic rings. The van der Waals surface area contributed by atoms with Crippen LogP contribution in [0.1, 0.15) is 6.42 Å². The van der Waals surface area contributed by atoms with E-state index in [9.17, 15) is 4.79 Å². The molecule has 3 rings (SSSR count). The highest BCUT2D eigenvalue weighted by atomic mass is 16.5. The molecular weight excluding hydrogens is 304 g/mol. The highest BCUT2D eigenvalue weighted by Gasteiger charge is 2.19. The van der Waals surface area contributed by atoms with Gasteiger partial charge in [-0.2, -0.15) is 0 Å². The van der Waals surface area contributed by atoms with E-state index in [2.05, 4.69) is 15.1 Å². The number of nitrogens with zero attached hydrogens (tertiary/aromatic N) is 4. The molecular formula is C18H22N4O2. The van der Waals surface area contributed by atoms with Crippen molar-refractivity contribution in [3.8, 4) is 11.3 Å². The van der Waals surface area contributed by atoms with Gasteiger partial charge in [0.1, 0.15) is 6.61 Å². The van der Waals surface area contributed by atoms with Gasteiger partial charge in [0.15, 0.2) is 5.82 Å². The first-order valence-electron chi connectivity index (χ1n) is 8.19. The molecule has 0 aliphatic carbocycles. The number of rotatable bonds is 4. The first-order chi connectivity index (χ1) is 11.8. The van der Waals surface area contributed by atoms with Gasteiger partial charge in [-0.05, 0) is 18.6 Å². The molecule has 1 fully saturated rings. The lowest BCUT2D eigenvalue weighted by Gasteiger charge is -2.22. The first kappa shape index (κ1) is 16.4. The molecule has 0 unspecified atom stereocenters. The average molecular weight is 326 g/mol. The number of aromatic nitrogens is 2. The lowest BCUT2D eigenvalue weighted by Crippen LogP contribution is -2.37. The van der Waals surface area contributed by atoms with Crippen LogP contribution in [0.5, 0.6) is 0 Å². The number of hydrogen-bond acceptors (Lipinski definition) is 5. The van der Waals surface area contributed by atoms with E-state index in [0.717, 1.165) is 43.1 Å². The van der Waals surface area contributed by atoms with Crippen LogP contribution < -0.4 is 4.90 Å². The molecule has 1 saturated heterocycles. The summed E-state index contributed by atoms with van der Waals surface area (Å²) in [5.41, 5.74) is 1.93. The summed E-state index contributed by atoms with van der Waals surface area (Å²) in [6.45, 7) is 3.22. The summed E-state index contributed by atoms with van der Waals surface area (Å²) >= 11 is 0. The molecule has 6 heteroatoms. The zero-order valence-electron chi connectivity index (χ0n) is 13.9. The lowest BCUT2D eigenvalue weighted by molar-refractivity contribution is -0.134. The molecule has 1 aromatic carbocycles. The second-order valence-electron chi connectivity index (χ2n) is 5.80. The fourth-order valence-corrected chi connectivity index (χ4v) is 2.87. The van der Waals surface area contributed by atoms with Crippen LogP contribution in [0.25, 0.3) is 11.3 Å². The summed E-state index contributed by atoms with van der Waals surface area (Å²) in [5.74, 6) is 0.903. The predicted octanol–water partition coefficient (Wildman–Crippen LogP) is 1.83. The molecule has 1 aliphatic heterocycles. The lowest BCUT2D eigenvalue weighted by atomic mass is 10.1. The van der Waals surface area contributed by atoms with Gasteiger partial charge >= 0.3 is 0 Å². The topological polar surface area (TPSA) is 58.6 Å². The third-order valence-corrected chi connectivity index (χ3v) is 4.16. The fraction of sp³-hybridized carbons (Fsp3) is 0.389. The van der Waals surface area contributed by atoms with Crippen molar-refractivity contribution in [2.45, 2.75) is 6.42 Å². The number of anilines is 1. The Morgan fingerprint density at radius 3 is 2.58 bits per heavy atom. The van der Waals surface area contributed by atoms with Crippen LogP contribution in [-0.4, -0.2) is 60.9 Å². The number of ether oxygens (including phenoxy) is 1. The van der Waals surface area contributed by atoms with Gasteiger partial charge in [0, 0.05) is 38.9 Å². The van der Waals surface area contributed by atoms with Crippen LogP contribution >= 0.6 is 0 Å².